The number of amides is 1. The number of carbonyl (C=O) groups is 2. The Morgan fingerprint density at radius 2 is 2.15 bits per heavy atom. The molecule has 0 unspecified atom stereocenters. The Morgan fingerprint density at radius 3 is 2.69 bits per heavy atom. The summed E-state index contributed by atoms with van der Waals surface area (Å²) in [5, 5.41) is 38.9. The first-order valence-corrected chi connectivity index (χ1v) is 7.36. The number of rotatable bonds is 6. The Morgan fingerprint density at radius 1 is 1.50 bits per heavy atom. The van der Waals surface area contributed by atoms with Crippen LogP contribution in [0.15, 0.2) is 28.9 Å². The largest absolute Gasteiger partial charge is 0.502 e. The second-order valence-corrected chi connectivity index (χ2v) is 5.56. The molecule has 0 saturated heterocycles. The fourth-order valence-electron chi connectivity index (χ4n) is 2.26. The number of hydrogen-bond donors (Lipinski definition) is 4. The second kappa shape index (κ2) is 7.29. The van der Waals surface area contributed by atoms with Gasteiger partial charge >= 0.3 is 11.7 Å². The number of nitro benzene ring substituents is 1. The zero-order valence-electron chi connectivity index (χ0n) is 13.6. The van der Waals surface area contributed by atoms with E-state index in [2.05, 4.69) is 4.99 Å². The molecule has 0 aromatic heterocycles. The van der Waals surface area contributed by atoms with Crippen molar-refractivity contribution in [2.24, 2.45) is 10.7 Å². The number of aliphatic hydroxyl groups excluding tert-OH is 1. The molecule has 2 rings (SSSR count). The van der Waals surface area contributed by atoms with E-state index in [9.17, 15) is 29.9 Å². The molecule has 1 amide bonds. The molecule has 11 heteroatoms. The standard InChI is InChI=1S/C15H16N4O7/c1-7(20)13(16)14-17-9(15(24)18(14)6-12(22)23)4-8-2-3-11(21)10(5-8)19(25)26/h2-5,7,13,20-21H,6,16H2,1H3,(H,22,23)/b9-4-/t7-,13+/m1/s1. The Hall–Kier alpha value is -3.31. The molecule has 1 aromatic rings. The summed E-state index contributed by atoms with van der Waals surface area (Å²) in [6, 6.07) is 2.36. The summed E-state index contributed by atoms with van der Waals surface area (Å²) in [6.07, 6.45) is 0.109. The van der Waals surface area contributed by atoms with Crippen LogP contribution in [0.3, 0.4) is 0 Å². The summed E-state index contributed by atoms with van der Waals surface area (Å²) in [4.78, 5) is 38.3. The fourth-order valence-corrected chi connectivity index (χ4v) is 2.26. The lowest BCUT2D eigenvalue weighted by Gasteiger charge is -2.22. The zero-order chi connectivity index (χ0) is 19.6. The van der Waals surface area contributed by atoms with Crippen molar-refractivity contribution in [2.75, 3.05) is 6.54 Å². The maximum Gasteiger partial charge on any atom is 0.323 e. The monoisotopic (exact) mass is 364 g/mol. The number of aliphatic imine (C=N–C) groups is 1. The quantitative estimate of drug-likeness (QED) is 0.301. The minimum Gasteiger partial charge on any atom is -0.502 e. The number of nitrogens with zero attached hydrogens (tertiary/aromatic N) is 3. The zero-order valence-corrected chi connectivity index (χ0v) is 13.6. The molecule has 138 valence electrons. The number of carbonyl (C=O) groups excluding carboxylic acids is 1. The van der Waals surface area contributed by atoms with Crippen LogP contribution in [0.4, 0.5) is 5.69 Å². The number of nitrogens with two attached hydrogens (primary N) is 1. The number of benzene rings is 1. The highest BCUT2D eigenvalue weighted by Crippen LogP contribution is 2.28. The third kappa shape index (κ3) is 3.84. The van der Waals surface area contributed by atoms with Crippen molar-refractivity contribution >= 4 is 29.5 Å². The summed E-state index contributed by atoms with van der Waals surface area (Å²) in [5.41, 5.74) is 5.21. The van der Waals surface area contributed by atoms with E-state index >= 15 is 0 Å². The minimum atomic E-state index is -1.30. The number of hydrogen-bond acceptors (Lipinski definition) is 8. The fraction of sp³-hybridized carbons (Fsp3) is 0.267. The molecule has 0 saturated carbocycles. The maximum atomic E-state index is 12.4. The highest BCUT2D eigenvalue weighted by Gasteiger charge is 2.36. The minimum absolute atomic E-state index is 0.119. The van der Waals surface area contributed by atoms with Crippen LogP contribution < -0.4 is 5.73 Å². The molecule has 0 bridgehead atoms. The van der Waals surface area contributed by atoms with Crippen LogP contribution >= 0.6 is 0 Å². The number of carboxylic acids is 1. The molecule has 0 fully saturated rings. The highest BCUT2D eigenvalue weighted by molar-refractivity contribution is 6.17. The molecule has 0 aliphatic carbocycles. The Bertz CT molecular complexity index is 831. The Balaban J connectivity index is 2.47. The third-order valence-electron chi connectivity index (χ3n) is 3.59. The third-order valence-corrected chi connectivity index (χ3v) is 3.59. The van der Waals surface area contributed by atoms with Gasteiger partial charge in [-0.3, -0.25) is 24.6 Å². The first kappa shape index (κ1) is 19.0. The number of aromatic hydroxyl groups is 1. The smallest absolute Gasteiger partial charge is 0.323 e. The molecule has 1 aliphatic rings. The van der Waals surface area contributed by atoms with Gasteiger partial charge in [0, 0.05) is 6.07 Å². The summed E-state index contributed by atoms with van der Waals surface area (Å²) in [6.45, 7) is 0.660. The van der Waals surface area contributed by atoms with E-state index in [0.717, 1.165) is 17.0 Å². The van der Waals surface area contributed by atoms with E-state index in [1.807, 2.05) is 0 Å². The lowest BCUT2D eigenvalue weighted by molar-refractivity contribution is -0.385. The molecule has 0 spiro atoms. The molecule has 0 radical (unpaired) electrons. The molecule has 11 nitrogen and oxygen atoms in total. The average molecular weight is 364 g/mol. The molecular formula is C15H16N4O7. The predicted molar refractivity (Wildman–Crippen MR) is 89.2 cm³/mol. The summed E-state index contributed by atoms with van der Waals surface area (Å²) in [7, 11) is 0. The number of nitro groups is 1. The molecule has 5 N–H and O–H groups in total. The van der Waals surface area contributed by atoms with Crippen LogP contribution in [0.1, 0.15) is 12.5 Å². The van der Waals surface area contributed by atoms with Crippen molar-refractivity contribution in [2.45, 2.75) is 19.1 Å². The number of phenols is 1. The van der Waals surface area contributed by atoms with Gasteiger partial charge in [0.1, 0.15) is 18.1 Å². The van der Waals surface area contributed by atoms with E-state index in [1.54, 1.807) is 0 Å². The van der Waals surface area contributed by atoms with Crippen LogP contribution in [0, 0.1) is 10.1 Å². The molecule has 1 aromatic carbocycles. The van der Waals surface area contributed by atoms with Crippen LogP contribution in [0.2, 0.25) is 0 Å². The predicted octanol–water partition coefficient (Wildman–Crippen LogP) is -0.325. The van der Waals surface area contributed by atoms with Gasteiger partial charge in [0.15, 0.2) is 5.75 Å². The van der Waals surface area contributed by atoms with Gasteiger partial charge in [-0.25, -0.2) is 4.99 Å². The van der Waals surface area contributed by atoms with Gasteiger partial charge < -0.3 is 21.1 Å². The first-order chi connectivity index (χ1) is 12.1. The van der Waals surface area contributed by atoms with Crippen LogP contribution in [-0.4, -0.2) is 61.5 Å². The molecular weight excluding hydrogens is 348 g/mol. The highest BCUT2D eigenvalue weighted by atomic mass is 16.6. The lowest BCUT2D eigenvalue weighted by atomic mass is 10.1. The van der Waals surface area contributed by atoms with E-state index in [0.29, 0.717) is 0 Å². The number of carboxylic acid groups (broad SMARTS) is 1. The number of aliphatic carboxylic acids is 1. The number of phenolic OH excluding ortho intramolecular Hbond substituents is 1. The summed E-state index contributed by atoms with van der Waals surface area (Å²) in [5.74, 6) is -2.73. The lowest BCUT2D eigenvalue weighted by Crippen LogP contribution is -2.50. The number of amidine groups is 1. The van der Waals surface area contributed by atoms with E-state index in [1.165, 1.54) is 19.1 Å². The Kier molecular flexibility index (Phi) is 5.33. The van der Waals surface area contributed by atoms with Crippen molar-refractivity contribution in [3.63, 3.8) is 0 Å². The topological polar surface area (TPSA) is 180 Å². The van der Waals surface area contributed by atoms with Gasteiger partial charge in [-0.1, -0.05) is 6.07 Å². The average Bonchev–Trinajstić information content (AvgIpc) is 2.84. The molecule has 2 atom stereocenters. The van der Waals surface area contributed by atoms with Crippen molar-refractivity contribution in [1.82, 2.24) is 4.90 Å². The van der Waals surface area contributed by atoms with Gasteiger partial charge in [0.2, 0.25) is 0 Å². The van der Waals surface area contributed by atoms with Gasteiger partial charge in [-0.15, -0.1) is 0 Å². The van der Waals surface area contributed by atoms with Crippen LogP contribution in [0.5, 0.6) is 5.75 Å². The van der Waals surface area contributed by atoms with E-state index in [4.69, 9.17) is 10.8 Å². The van der Waals surface area contributed by atoms with Crippen molar-refractivity contribution in [3.05, 3.63) is 39.6 Å². The first-order valence-electron chi connectivity index (χ1n) is 7.36. The molecule has 1 aliphatic heterocycles. The van der Waals surface area contributed by atoms with Gasteiger partial charge in [0.05, 0.1) is 17.1 Å². The summed E-state index contributed by atoms with van der Waals surface area (Å²) >= 11 is 0. The Labute approximate surface area is 146 Å². The SMILES string of the molecule is C[C@@H](O)[C@H](N)C1=N/C(=C\c2ccc(O)c([N+](=O)[O-])c2)C(=O)N1CC(=O)O. The molecule has 1 heterocycles. The van der Waals surface area contributed by atoms with Crippen molar-refractivity contribution < 1.29 is 29.8 Å². The van der Waals surface area contributed by atoms with Crippen molar-refractivity contribution in [1.29, 1.82) is 0 Å². The van der Waals surface area contributed by atoms with E-state index < -0.39 is 46.9 Å². The normalized spacial score (nSPS) is 18.0. The van der Waals surface area contributed by atoms with E-state index in [-0.39, 0.29) is 17.1 Å². The van der Waals surface area contributed by atoms with Crippen molar-refractivity contribution in [3.8, 4) is 5.75 Å². The molecule has 26 heavy (non-hydrogen) atoms. The second-order valence-electron chi connectivity index (χ2n) is 5.56. The van der Waals surface area contributed by atoms with Gasteiger partial charge in [0.25, 0.3) is 5.91 Å². The van der Waals surface area contributed by atoms with Gasteiger partial charge in [-0.05, 0) is 24.6 Å². The summed E-state index contributed by atoms with van der Waals surface area (Å²) < 4.78 is 0. The van der Waals surface area contributed by atoms with Crippen LogP contribution in [-0.2, 0) is 9.59 Å². The number of aliphatic hydroxyl groups is 1. The maximum absolute atomic E-state index is 12.4. The van der Waals surface area contributed by atoms with Gasteiger partial charge in [-0.2, -0.15) is 0 Å². The van der Waals surface area contributed by atoms with Crippen LogP contribution in [0.25, 0.3) is 6.08 Å².